The summed E-state index contributed by atoms with van der Waals surface area (Å²) in [5, 5.41) is 4.44. The summed E-state index contributed by atoms with van der Waals surface area (Å²) in [6.45, 7) is 3.99. The van der Waals surface area contributed by atoms with Crippen LogP contribution in [0.25, 0.3) is 5.82 Å². The summed E-state index contributed by atoms with van der Waals surface area (Å²) < 4.78 is 39.2. The van der Waals surface area contributed by atoms with E-state index in [-0.39, 0.29) is 5.92 Å². The third-order valence-corrected chi connectivity index (χ3v) is 3.45. The lowest BCUT2D eigenvalue weighted by molar-refractivity contribution is -0.137. The first-order chi connectivity index (χ1) is 10.8. The van der Waals surface area contributed by atoms with Crippen molar-refractivity contribution in [3.05, 3.63) is 41.3 Å². The molecule has 2 heterocycles. The second-order valence-electron chi connectivity index (χ2n) is 5.60. The van der Waals surface area contributed by atoms with Gasteiger partial charge < -0.3 is 4.79 Å². The molecular formula is C16H18F3N3O. The van der Waals surface area contributed by atoms with Crippen LogP contribution in [-0.4, -0.2) is 21.1 Å². The molecule has 23 heavy (non-hydrogen) atoms. The molecule has 0 aliphatic carbocycles. The largest absolute Gasteiger partial charge is 0.417 e. The van der Waals surface area contributed by atoms with Gasteiger partial charge in [-0.1, -0.05) is 13.8 Å². The molecule has 0 aliphatic heterocycles. The van der Waals surface area contributed by atoms with E-state index in [2.05, 4.69) is 10.1 Å². The molecule has 0 atom stereocenters. The number of nitrogens with zero attached hydrogens (tertiary/aromatic N) is 3. The fourth-order valence-electron chi connectivity index (χ4n) is 2.28. The van der Waals surface area contributed by atoms with Gasteiger partial charge in [0.15, 0.2) is 5.82 Å². The Morgan fingerprint density at radius 2 is 2.04 bits per heavy atom. The molecule has 0 saturated carbocycles. The number of rotatable bonds is 6. The Hall–Kier alpha value is -2.18. The first-order valence-corrected chi connectivity index (χ1v) is 7.38. The zero-order valence-corrected chi connectivity index (χ0v) is 13.0. The van der Waals surface area contributed by atoms with E-state index in [0.29, 0.717) is 18.7 Å². The van der Waals surface area contributed by atoms with Crippen LogP contribution >= 0.6 is 0 Å². The zero-order valence-electron chi connectivity index (χ0n) is 13.0. The van der Waals surface area contributed by atoms with Crippen LogP contribution in [0.3, 0.4) is 0 Å². The van der Waals surface area contributed by atoms with Crippen molar-refractivity contribution < 1.29 is 18.0 Å². The SMILES string of the molecule is CC(C)c1nn(-c2ccc(C(F)(F)F)cn2)cc1CCCC=O. The van der Waals surface area contributed by atoms with Crippen LogP contribution in [0.4, 0.5) is 13.2 Å². The Kier molecular flexibility index (Phi) is 5.18. The summed E-state index contributed by atoms with van der Waals surface area (Å²) in [7, 11) is 0. The molecule has 4 nitrogen and oxygen atoms in total. The van der Waals surface area contributed by atoms with Crippen molar-refractivity contribution in [1.29, 1.82) is 0 Å². The summed E-state index contributed by atoms with van der Waals surface area (Å²) >= 11 is 0. The number of aryl methyl sites for hydroxylation is 1. The number of aldehydes is 1. The normalized spacial score (nSPS) is 11.9. The molecular weight excluding hydrogens is 307 g/mol. The van der Waals surface area contributed by atoms with Crippen LogP contribution in [0.15, 0.2) is 24.5 Å². The smallest absolute Gasteiger partial charge is 0.303 e. The minimum absolute atomic E-state index is 0.178. The maximum Gasteiger partial charge on any atom is 0.417 e. The van der Waals surface area contributed by atoms with E-state index in [1.165, 1.54) is 10.7 Å². The molecule has 0 spiro atoms. The van der Waals surface area contributed by atoms with Gasteiger partial charge in [-0.25, -0.2) is 9.67 Å². The molecule has 0 aliphatic rings. The number of hydrogen-bond donors (Lipinski definition) is 0. The van der Waals surface area contributed by atoms with Crippen LogP contribution in [-0.2, 0) is 17.4 Å². The standard InChI is InChI=1S/C16H18F3N3O/c1-11(2)15-12(5-3-4-8-23)10-22(21-15)14-7-6-13(9-20-14)16(17,18)19/h6-11H,3-5H2,1-2H3. The predicted molar refractivity (Wildman–Crippen MR) is 79.5 cm³/mol. The van der Waals surface area contributed by atoms with Gasteiger partial charge in [0.1, 0.15) is 6.29 Å². The van der Waals surface area contributed by atoms with Crippen molar-refractivity contribution in [1.82, 2.24) is 14.8 Å². The van der Waals surface area contributed by atoms with E-state index >= 15 is 0 Å². The number of aromatic nitrogens is 3. The number of halogens is 3. The molecule has 0 fully saturated rings. The molecule has 0 saturated heterocycles. The lowest BCUT2D eigenvalue weighted by Crippen LogP contribution is -2.07. The van der Waals surface area contributed by atoms with Gasteiger partial charge in [-0.05, 0) is 36.5 Å². The quantitative estimate of drug-likeness (QED) is 0.597. The molecule has 124 valence electrons. The van der Waals surface area contributed by atoms with E-state index in [1.54, 1.807) is 6.20 Å². The van der Waals surface area contributed by atoms with Crippen molar-refractivity contribution in [3.63, 3.8) is 0 Å². The molecule has 0 N–H and O–H groups in total. The first kappa shape index (κ1) is 17.2. The molecule has 0 amide bonds. The van der Waals surface area contributed by atoms with Gasteiger partial charge in [0, 0.05) is 18.8 Å². The number of carbonyl (C=O) groups excluding carboxylic acids is 1. The molecule has 0 bridgehead atoms. The Morgan fingerprint density at radius 1 is 1.30 bits per heavy atom. The van der Waals surface area contributed by atoms with Crippen molar-refractivity contribution in [3.8, 4) is 5.82 Å². The highest BCUT2D eigenvalue weighted by Gasteiger charge is 2.30. The number of unbranched alkanes of at least 4 members (excludes halogenated alkanes) is 1. The molecule has 0 unspecified atom stereocenters. The Balaban J connectivity index is 2.28. The molecule has 2 rings (SSSR count). The Morgan fingerprint density at radius 3 is 2.57 bits per heavy atom. The van der Waals surface area contributed by atoms with Crippen molar-refractivity contribution in [2.24, 2.45) is 0 Å². The third-order valence-electron chi connectivity index (χ3n) is 3.45. The topological polar surface area (TPSA) is 47.8 Å². The Bertz CT molecular complexity index is 660. The highest BCUT2D eigenvalue weighted by atomic mass is 19.4. The number of alkyl halides is 3. The third kappa shape index (κ3) is 4.18. The van der Waals surface area contributed by atoms with E-state index in [4.69, 9.17) is 0 Å². The summed E-state index contributed by atoms with van der Waals surface area (Å²) in [5.41, 5.74) is 1.07. The highest BCUT2D eigenvalue weighted by Crippen LogP contribution is 2.29. The lowest BCUT2D eigenvalue weighted by atomic mass is 10.0. The van der Waals surface area contributed by atoms with Gasteiger partial charge in [0.2, 0.25) is 0 Å². The second-order valence-corrected chi connectivity index (χ2v) is 5.60. The van der Waals surface area contributed by atoms with Crippen LogP contribution in [0.2, 0.25) is 0 Å². The fraction of sp³-hybridized carbons (Fsp3) is 0.438. The van der Waals surface area contributed by atoms with E-state index in [1.807, 2.05) is 13.8 Å². The first-order valence-electron chi connectivity index (χ1n) is 7.38. The van der Waals surface area contributed by atoms with Crippen molar-refractivity contribution >= 4 is 6.29 Å². The fourth-order valence-corrected chi connectivity index (χ4v) is 2.28. The second kappa shape index (κ2) is 6.93. The number of pyridine rings is 1. The summed E-state index contributed by atoms with van der Waals surface area (Å²) in [6.07, 6.45) is 0.937. The van der Waals surface area contributed by atoms with Gasteiger partial charge in [-0.2, -0.15) is 18.3 Å². The number of carbonyl (C=O) groups is 1. The van der Waals surface area contributed by atoms with Crippen LogP contribution in [0, 0.1) is 0 Å². The average Bonchev–Trinajstić information content (AvgIpc) is 2.91. The van der Waals surface area contributed by atoms with Gasteiger partial charge in [0.05, 0.1) is 11.3 Å². The van der Waals surface area contributed by atoms with E-state index < -0.39 is 11.7 Å². The monoisotopic (exact) mass is 325 g/mol. The zero-order chi connectivity index (χ0) is 17.0. The van der Waals surface area contributed by atoms with E-state index in [9.17, 15) is 18.0 Å². The van der Waals surface area contributed by atoms with Gasteiger partial charge in [-0.3, -0.25) is 0 Å². The summed E-state index contributed by atoms with van der Waals surface area (Å²) in [4.78, 5) is 14.3. The van der Waals surface area contributed by atoms with Crippen LogP contribution < -0.4 is 0 Å². The summed E-state index contributed by atoms with van der Waals surface area (Å²) in [5.74, 6) is 0.512. The summed E-state index contributed by atoms with van der Waals surface area (Å²) in [6, 6.07) is 2.29. The van der Waals surface area contributed by atoms with E-state index in [0.717, 1.165) is 36.2 Å². The molecule has 2 aromatic heterocycles. The van der Waals surface area contributed by atoms with Gasteiger partial charge >= 0.3 is 6.18 Å². The van der Waals surface area contributed by atoms with Gasteiger partial charge in [-0.15, -0.1) is 0 Å². The van der Waals surface area contributed by atoms with Crippen molar-refractivity contribution in [2.45, 2.75) is 45.2 Å². The van der Waals surface area contributed by atoms with Gasteiger partial charge in [0.25, 0.3) is 0 Å². The van der Waals surface area contributed by atoms with Crippen LogP contribution in [0.5, 0.6) is 0 Å². The minimum atomic E-state index is -4.40. The predicted octanol–water partition coefficient (Wildman–Crippen LogP) is 3.93. The Labute approximate surface area is 132 Å². The maximum atomic E-state index is 12.6. The minimum Gasteiger partial charge on any atom is -0.303 e. The molecule has 2 aromatic rings. The van der Waals surface area contributed by atoms with Crippen LogP contribution in [0.1, 0.15) is 49.4 Å². The number of hydrogen-bond acceptors (Lipinski definition) is 3. The molecule has 7 heteroatoms. The van der Waals surface area contributed by atoms with Crippen molar-refractivity contribution in [2.75, 3.05) is 0 Å². The maximum absolute atomic E-state index is 12.6. The lowest BCUT2D eigenvalue weighted by Gasteiger charge is -2.06. The highest BCUT2D eigenvalue weighted by molar-refractivity contribution is 5.49. The molecule has 0 aromatic carbocycles. The average molecular weight is 325 g/mol. The molecule has 0 radical (unpaired) electrons.